The summed E-state index contributed by atoms with van der Waals surface area (Å²) in [4.78, 5) is 9.89. The smallest absolute Gasteiger partial charge is 0.0716 e. The van der Waals surface area contributed by atoms with E-state index >= 15 is 0 Å². The molecule has 0 aliphatic carbocycles. The van der Waals surface area contributed by atoms with E-state index in [9.17, 15) is 0 Å². The van der Waals surface area contributed by atoms with Crippen LogP contribution in [0.25, 0.3) is 43.4 Å². The standard InChI is InChI=1S/C48H40N2/c1-4-6-8-9-11-22-37(21-10-7-5-2)47(49-3)34-48(40-26-18-25-39(32-40)43-31-19-24-36-20-12-14-27-42(36)43)50-35-41-33-38-23-13-15-28-44(38)46-30-17-16-29-45(41)46/h4-34H,1,3,35H2,2H3/b7-5+,8-6-,11-9-,21-10+,37-22+,47-34-,50-48?. The Morgan fingerprint density at radius 1 is 0.640 bits per heavy atom. The summed E-state index contributed by atoms with van der Waals surface area (Å²) in [7, 11) is 0. The van der Waals surface area contributed by atoms with Crippen LogP contribution in [0.15, 0.2) is 216 Å². The molecule has 0 fully saturated rings. The van der Waals surface area contributed by atoms with Crippen molar-refractivity contribution in [3.8, 4) is 11.1 Å². The van der Waals surface area contributed by atoms with E-state index in [1.165, 1.54) is 43.4 Å². The molecule has 2 heteroatoms. The summed E-state index contributed by atoms with van der Waals surface area (Å²) >= 11 is 0. The summed E-state index contributed by atoms with van der Waals surface area (Å²) in [6.07, 6.45) is 21.7. The molecule has 6 aromatic rings. The van der Waals surface area contributed by atoms with Crippen LogP contribution in [0.3, 0.4) is 0 Å². The molecular formula is C48H40N2. The van der Waals surface area contributed by atoms with Crippen molar-refractivity contribution in [3.05, 3.63) is 217 Å². The quantitative estimate of drug-likeness (QED) is 0.0719. The fourth-order valence-corrected chi connectivity index (χ4v) is 6.19. The first-order valence-electron chi connectivity index (χ1n) is 16.9. The highest BCUT2D eigenvalue weighted by Crippen LogP contribution is 2.31. The van der Waals surface area contributed by atoms with Gasteiger partial charge in [-0.25, -0.2) is 0 Å². The molecule has 6 aromatic carbocycles. The van der Waals surface area contributed by atoms with Crippen LogP contribution in [0.2, 0.25) is 0 Å². The maximum Gasteiger partial charge on any atom is 0.0716 e. The van der Waals surface area contributed by atoms with E-state index in [4.69, 9.17) is 4.99 Å². The average Bonchev–Trinajstić information content (AvgIpc) is 3.17. The third-order valence-electron chi connectivity index (χ3n) is 8.60. The molecule has 0 spiro atoms. The van der Waals surface area contributed by atoms with Gasteiger partial charge in [0.1, 0.15) is 0 Å². The number of hydrogen-bond acceptors (Lipinski definition) is 2. The lowest BCUT2D eigenvalue weighted by molar-refractivity contribution is 1.09. The molecule has 0 aromatic heterocycles. The number of aliphatic imine (C=N–C) groups is 2. The van der Waals surface area contributed by atoms with Gasteiger partial charge in [0.05, 0.1) is 18.0 Å². The Kier molecular flexibility index (Phi) is 11.2. The van der Waals surface area contributed by atoms with Crippen LogP contribution >= 0.6 is 0 Å². The number of rotatable bonds is 12. The van der Waals surface area contributed by atoms with E-state index in [-0.39, 0.29) is 0 Å². The lowest BCUT2D eigenvalue weighted by Crippen LogP contribution is -2.02. The van der Waals surface area contributed by atoms with Crippen LogP contribution in [-0.2, 0) is 6.54 Å². The van der Waals surface area contributed by atoms with E-state index < -0.39 is 0 Å². The minimum absolute atomic E-state index is 0.500. The van der Waals surface area contributed by atoms with Gasteiger partial charge in [0.2, 0.25) is 0 Å². The zero-order chi connectivity index (χ0) is 34.5. The van der Waals surface area contributed by atoms with Gasteiger partial charge in [-0.3, -0.25) is 9.98 Å². The fourth-order valence-electron chi connectivity index (χ4n) is 6.19. The Balaban J connectivity index is 1.52. The Hall–Kier alpha value is -6.38. The summed E-state index contributed by atoms with van der Waals surface area (Å²) in [5.74, 6) is 0. The molecule has 0 atom stereocenters. The Morgan fingerprint density at radius 2 is 1.34 bits per heavy atom. The van der Waals surface area contributed by atoms with Gasteiger partial charge >= 0.3 is 0 Å². The minimum Gasteiger partial charge on any atom is -0.280 e. The van der Waals surface area contributed by atoms with Crippen LogP contribution in [0.5, 0.6) is 0 Å². The first-order chi connectivity index (χ1) is 24.7. The van der Waals surface area contributed by atoms with Crippen LogP contribution < -0.4 is 0 Å². The van der Waals surface area contributed by atoms with Gasteiger partial charge in [-0.2, -0.15) is 0 Å². The first kappa shape index (κ1) is 33.5. The predicted molar refractivity (Wildman–Crippen MR) is 219 cm³/mol. The molecule has 242 valence electrons. The van der Waals surface area contributed by atoms with Crippen molar-refractivity contribution in [2.24, 2.45) is 9.98 Å². The SMILES string of the molecule is C=C/C=C\C=C/C=C(\C=C\C=C\C)C(=C/C(=NCc1cc2ccccc2c2ccccc12)c1cccc(-c2cccc3ccccc23)c1)/N=C. The van der Waals surface area contributed by atoms with Crippen molar-refractivity contribution >= 4 is 44.7 Å². The fraction of sp³-hybridized carbons (Fsp3) is 0.0417. The molecule has 0 aliphatic rings. The number of benzene rings is 6. The average molecular weight is 645 g/mol. The summed E-state index contributed by atoms with van der Waals surface area (Å²) in [5, 5.41) is 7.32. The molecule has 0 unspecified atom stereocenters. The monoisotopic (exact) mass is 644 g/mol. The molecule has 0 aliphatic heterocycles. The maximum atomic E-state index is 5.35. The zero-order valence-corrected chi connectivity index (χ0v) is 28.4. The summed E-state index contributed by atoms with van der Waals surface area (Å²) in [6.45, 7) is 10.2. The van der Waals surface area contributed by atoms with Gasteiger partial charge in [0.15, 0.2) is 0 Å². The summed E-state index contributed by atoms with van der Waals surface area (Å²) in [6, 6.07) is 43.1. The molecule has 0 saturated carbocycles. The topological polar surface area (TPSA) is 24.7 Å². The van der Waals surface area contributed by atoms with E-state index in [1.54, 1.807) is 6.08 Å². The van der Waals surface area contributed by atoms with Gasteiger partial charge in [-0.15, -0.1) is 0 Å². The third-order valence-corrected chi connectivity index (χ3v) is 8.60. The molecule has 0 saturated heterocycles. The Morgan fingerprint density at radius 3 is 2.14 bits per heavy atom. The van der Waals surface area contributed by atoms with Crippen molar-refractivity contribution in [1.29, 1.82) is 0 Å². The molecular weight excluding hydrogens is 605 g/mol. The van der Waals surface area contributed by atoms with Crippen molar-refractivity contribution in [2.75, 3.05) is 0 Å². The Labute approximate surface area is 295 Å². The highest BCUT2D eigenvalue weighted by atomic mass is 14.8. The minimum atomic E-state index is 0.500. The third kappa shape index (κ3) is 7.84. The molecule has 6 rings (SSSR count). The van der Waals surface area contributed by atoms with E-state index in [2.05, 4.69) is 146 Å². The number of hydrogen-bond donors (Lipinski definition) is 0. The van der Waals surface area contributed by atoms with E-state index in [0.29, 0.717) is 6.54 Å². The molecule has 0 amide bonds. The van der Waals surface area contributed by atoms with Crippen molar-refractivity contribution in [2.45, 2.75) is 13.5 Å². The van der Waals surface area contributed by atoms with Crippen LogP contribution in [0.1, 0.15) is 18.1 Å². The first-order valence-corrected chi connectivity index (χ1v) is 16.9. The highest BCUT2D eigenvalue weighted by Gasteiger charge is 2.11. The largest absolute Gasteiger partial charge is 0.280 e. The molecule has 50 heavy (non-hydrogen) atoms. The second-order valence-corrected chi connectivity index (χ2v) is 11.8. The molecule has 0 N–H and O–H groups in total. The van der Waals surface area contributed by atoms with Crippen LogP contribution in [0.4, 0.5) is 0 Å². The lowest BCUT2D eigenvalue weighted by Gasteiger charge is -2.12. The maximum absolute atomic E-state index is 5.35. The van der Waals surface area contributed by atoms with Crippen molar-refractivity contribution in [3.63, 3.8) is 0 Å². The van der Waals surface area contributed by atoms with Gasteiger partial charge < -0.3 is 0 Å². The van der Waals surface area contributed by atoms with E-state index in [1.807, 2.05) is 61.6 Å². The summed E-state index contributed by atoms with van der Waals surface area (Å²) < 4.78 is 0. The number of allylic oxidation sites excluding steroid dienone is 11. The molecule has 0 heterocycles. The second-order valence-electron chi connectivity index (χ2n) is 11.8. The van der Waals surface area contributed by atoms with Gasteiger partial charge in [0.25, 0.3) is 0 Å². The molecule has 0 bridgehead atoms. The molecule has 0 radical (unpaired) electrons. The summed E-state index contributed by atoms with van der Waals surface area (Å²) in [5.41, 5.74) is 6.95. The highest BCUT2D eigenvalue weighted by molar-refractivity contribution is 6.11. The predicted octanol–water partition coefficient (Wildman–Crippen LogP) is 12.7. The van der Waals surface area contributed by atoms with Gasteiger partial charge in [-0.05, 0) is 80.9 Å². The van der Waals surface area contributed by atoms with Crippen molar-refractivity contribution < 1.29 is 0 Å². The Bertz CT molecular complexity index is 2390. The van der Waals surface area contributed by atoms with E-state index in [0.717, 1.165) is 28.1 Å². The van der Waals surface area contributed by atoms with Crippen LogP contribution in [0, 0.1) is 0 Å². The zero-order valence-electron chi connectivity index (χ0n) is 28.4. The van der Waals surface area contributed by atoms with Crippen LogP contribution in [-0.4, -0.2) is 12.4 Å². The number of fused-ring (bicyclic) bond motifs is 4. The van der Waals surface area contributed by atoms with Gasteiger partial charge in [0, 0.05) is 11.1 Å². The molecule has 2 nitrogen and oxygen atoms in total. The second kappa shape index (κ2) is 16.6. The van der Waals surface area contributed by atoms with Gasteiger partial charge in [-0.1, -0.05) is 177 Å². The number of nitrogens with zero attached hydrogens (tertiary/aromatic N) is 2. The lowest BCUT2D eigenvalue weighted by atomic mass is 9.95. The normalized spacial score (nSPS) is 13.2. The van der Waals surface area contributed by atoms with Crippen molar-refractivity contribution in [1.82, 2.24) is 0 Å².